The highest BCUT2D eigenvalue weighted by Gasteiger charge is 2.31. The minimum Gasteiger partial charge on any atom is -0.376 e. The first-order chi connectivity index (χ1) is 11.2. The minimum atomic E-state index is -0.159. The molecule has 0 spiro atoms. The molecule has 5 nitrogen and oxygen atoms in total. The zero-order valence-corrected chi connectivity index (χ0v) is 13.8. The summed E-state index contributed by atoms with van der Waals surface area (Å²) in [5, 5.41) is 6.62. The van der Waals surface area contributed by atoms with Crippen molar-refractivity contribution in [1.82, 2.24) is 10.6 Å². The first-order valence-corrected chi connectivity index (χ1v) is 8.63. The molecule has 1 aromatic rings. The van der Waals surface area contributed by atoms with Gasteiger partial charge >= 0.3 is 6.03 Å². The van der Waals surface area contributed by atoms with Crippen LogP contribution in [-0.4, -0.2) is 37.9 Å². The summed E-state index contributed by atoms with van der Waals surface area (Å²) >= 11 is 5.92. The van der Waals surface area contributed by atoms with Crippen LogP contribution in [0.5, 0.6) is 0 Å². The van der Waals surface area contributed by atoms with Crippen molar-refractivity contribution >= 4 is 17.6 Å². The fourth-order valence-corrected chi connectivity index (χ4v) is 3.24. The Hall–Kier alpha value is -1.30. The molecule has 2 heterocycles. The standard InChI is InChI=1S/C17H23ClN2O3/c18-13-6-4-12(5-7-13)16-15(8-10-23-16)20-17(21)19-11-14-3-1-2-9-22-14/h4-7,14-16H,1-3,8-11H2,(H2,19,20,21)/t14-,15+,16+/m0/s1. The lowest BCUT2D eigenvalue weighted by molar-refractivity contribution is 0.0183. The van der Waals surface area contributed by atoms with Crippen LogP contribution in [0.4, 0.5) is 4.79 Å². The molecule has 2 saturated heterocycles. The smallest absolute Gasteiger partial charge is 0.315 e. The Balaban J connectivity index is 1.49. The summed E-state index contributed by atoms with van der Waals surface area (Å²) in [6.45, 7) is 2.00. The quantitative estimate of drug-likeness (QED) is 0.887. The van der Waals surface area contributed by atoms with Crippen LogP contribution in [0.25, 0.3) is 0 Å². The van der Waals surface area contributed by atoms with E-state index in [9.17, 15) is 4.79 Å². The monoisotopic (exact) mass is 338 g/mol. The van der Waals surface area contributed by atoms with E-state index in [-0.39, 0.29) is 24.3 Å². The molecule has 2 aliphatic heterocycles. The number of benzene rings is 1. The fourth-order valence-electron chi connectivity index (χ4n) is 3.11. The number of halogens is 1. The highest BCUT2D eigenvalue weighted by atomic mass is 35.5. The van der Waals surface area contributed by atoms with Crippen molar-refractivity contribution in [1.29, 1.82) is 0 Å². The summed E-state index contributed by atoms with van der Waals surface area (Å²) in [5.41, 5.74) is 1.04. The lowest BCUT2D eigenvalue weighted by Gasteiger charge is -2.24. The second-order valence-electron chi connectivity index (χ2n) is 6.08. The summed E-state index contributed by atoms with van der Waals surface area (Å²) in [4.78, 5) is 12.1. The van der Waals surface area contributed by atoms with E-state index in [2.05, 4.69) is 10.6 Å². The van der Waals surface area contributed by atoms with E-state index in [1.807, 2.05) is 24.3 Å². The second kappa shape index (κ2) is 7.99. The van der Waals surface area contributed by atoms with Crippen molar-refractivity contribution in [2.24, 2.45) is 0 Å². The molecule has 126 valence electrons. The lowest BCUT2D eigenvalue weighted by atomic mass is 10.0. The first kappa shape index (κ1) is 16.6. The number of carbonyl (C=O) groups excluding carboxylic acids is 1. The van der Waals surface area contributed by atoms with Crippen molar-refractivity contribution in [2.45, 2.75) is 43.9 Å². The molecule has 0 radical (unpaired) electrons. The Bertz CT molecular complexity index is 517. The molecule has 2 N–H and O–H groups in total. The minimum absolute atomic E-state index is 0.0246. The van der Waals surface area contributed by atoms with Gasteiger partial charge in [-0.3, -0.25) is 0 Å². The molecular formula is C17H23ClN2O3. The van der Waals surface area contributed by atoms with Crippen LogP contribution in [0.1, 0.15) is 37.4 Å². The second-order valence-corrected chi connectivity index (χ2v) is 6.52. The highest BCUT2D eigenvalue weighted by Crippen LogP contribution is 2.29. The van der Waals surface area contributed by atoms with Crippen LogP contribution in [0.15, 0.2) is 24.3 Å². The summed E-state index contributed by atoms with van der Waals surface area (Å²) in [6, 6.07) is 7.39. The van der Waals surface area contributed by atoms with Crippen LogP contribution in [0.2, 0.25) is 5.02 Å². The van der Waals surface area contributed by atoms with Gasteiger partial charge in [0, 0.05) is 24.8 Å². The number of nitrogens with one attached hydrogen (secondary N) is 2. The predicted octanol–water partition coefficient (Wildman–Crippen LogP) is 3.04. The molecule has 0 aliphatic carbocycles. The summed E-state index contributed by atoms with van der Waals surface area (Å²) in [6.07, 6.45) is 4.12. The highest BCUT2D eigenvalue weighted by molar-refractivity contribution is 6.30. The summed E-state index contributed by atoms with van der Waals surface area (Å²) in [5.74, 6) is 0. The zero-order chi connectivity index (χ0) is 16.1. The van der Waals surface area contributed by atoms with Crippen LogP contribution in [-0.2, 0) is 9.47 Å². The Morgan fingerprint density at radius 2 is 1.96 bits per heavy atom. The van der Waals surface area contributed by atoms with Crippen molar-refractivity contribution in [3.63, 3.8) is 0 Å². The number of hydrogen-bond acceptors (Lipinski definition) is 3. The summed E-state index contributed by atoms with van der Waals surface area (Å²) in [7, 11) is 0. The van der Waals surface area contributed by atoms with Gasteiger partial charge in [-0.1, -0.05) is 23.7 Å². The van der Waals surface area contributed by atoms with E-state index in [1.165, 1.54) is 6.42 Å². The third-order valence-corrected chi connectivity index (χ3v) is 4.62. The van der Waals surface area contributed by atoms with Gasteiger partial charge in [0.25, 0.3) is 0 Å². The van der Waals surface area contributed by atoms with E-state index in [1.54, 1.807) is 0 Å². The van der Waals surface area contributed by atoms with Gasteiger partial charge in [-0.05, 0) is 43.4 Å². The maximum atomic E-state index is 12.1. The van der Waals surface area contributed by atoms with E-state index >= 15 is 0 Å². The number of carbonyl (C=O) groups is 1. The molecule has 0 bridgehead atoms. The molecule has 0 aromatic heterocycles. The van der Waals surface area contributed by atoms with E-state index in [4.69, 9.17) is 21.1 Å². The first-order valence-electron chi connectivity index (χ1n) is 8.25. The number of rotatable bonds is 4. The van der Waals surface area contributed by atoms with Gasteiger partial charge in [-0.15, -0.1) is 0 Å². The predicted molar refractivity (Wildman–Crippen MR) is 88.7 cm³/mol. The van der Waals surface area contributed by atoms with Crippen LogP contribution < -0.4 is 10.6 Å². The maximum absolute atomic E-state index is 12.1. The van der Waals surface area contributed by atoms with Crippen LogP contribution in [0.3, 0.4) is 0 Å². The van der Waals surface area contributed by atoms with Gasteiger partial charge in [0.2, 0.25) is 0 Å². The van der Waals surface area contributed by atoms with Gasteiger partial charge in [-0.2, -0.15) is 0 Å². The Morgan fingerprint density at radius 3 is 2.70 bits per heavy atom. The van der Waals surface area contributed by atoms with Crippen LogP contribution >= 0.6 is 11.6 Å². The number of urea groups is 1. The fraction of sp³-hybridized carbons (Fsp3) is 0.588. The largest absolute Gasteiger partial charge is 0.376 e. The molecule has 2 aliphatic rings. The van der Waals surface area contributed by atoms with Crippen molar-refractivity contribution in [3.8, 4) is 0 Å². The normalized spacial score (nSPS) is 27.6. The Labute approximate surface area is 141 Å². The van der Waals surface area contributed by atoms with Gasteiger partial charge in [0.05, 0.1) is 12.1 Å². The Kier molecular flexibility index (Phi) is 5.75. The number of hydrogen-bond donors (Lipinski definition) is 2. The Morgan fingerprint density at radius 1 is 1.13 bits per heavy atom. The van der Waals surface area contributed by atoms with Crippen LogP contribution in [0, 0.1) is 0 Å². The van der Waals surface area contributed by atoms with E-state index in [0.717, 1.165) is 31.4 Å². The zero-order valence-electron chi connectivity index (χ0n) is 13.1. The van der Waals surface area contributed by atoms with Gasteiger partial charge in [0.15, 0.2) is 0 Å². The molecule has 1 aromatic carbocycles. The molecule has 0 unspecified atom stereocenters. The third-order valence-electron chi connectivity index (χ3n) is 4.37. The molecular weight excluding hydrogens is 316 g/mol. The molecule has 0 saturated carbocycles. The lowest BCUT2D eigenvalue weighted by Crippen LogP contribution is -2.46. The molecule has 2 fully saturated rings. The van der Waals surface area contributed by atoms with E-state index in [0.29, 0.717) is 18.2 Å². The van der Waals surface area contributed by atoms with E-state index < -0.39 is 0 Å². The maximum Gasteiger partial charge on any atom is 0.315 e. The van der Waals surface area contributed by atoms with Gasteiger partial charge in [-0.25, -0.2) is 4.79 Å². The van der Waals surface area contributed by atoms with Crippen molar-refractivity contribution in [3.05, 3.63) is 34.9 Å². The summed E-state index contributed by atoms with van der Waals surface area (Å²) < 4.78 is 11.4. The number of amides is 2. The third kappa shape index (κ3) is 4.59. The molecule has 23 heavy (non-hydrogen) atoms. The molecule has 3 rings (SSSR count). The average Bonchev–Trinajstić information content (AvgIpc) is 3.03. The molecule has 6 heteroatoms. The molecule has 3 atom stereocenters. The van der Waals surface area contributed by atoms with Crippen molar-refractivity contribution < 1.29 is 14.3 Å². The van der Waals surface area contributed by atoms with Crippen molar-refractivity contribution in [2.75, 3.05) is 19.8 Å². The number of ether oxygens (including phenoxy) is 2. The van der Waals surface area contributed by atoms with Gasteiger partial charge in [0.1, 0.15) is 6.10 Å². The topological polar surface area (TPSA) is 59.6 Å². The van der Waals surface area contributed by atoms with Gasteiger partial charge < -0.3 is 20.1 Å². The SMILES string of the molecule is O=C(NC[C@@H]1CCCCO1)N[C@@H]1CCO[C@@H]1c1ccc(Cl)cc1. The average molecular weight is 339 g/mol. The molecule has 2 amide bonds.